The summed E-state index contributed by atoms with van der Waals surface area (Å²) in [5.41, 5.74) is -0.531. The minimum Gasteiger partial charge on any atom is -0.389 e. The number of nitrogens with one attached hydrogen (secondary N) is 1. The zero-order chi connectivity index (χ0) is 14.9. The van der Waals surface area contributed by atoms with E-state index in [4.69, 9.17) is 11.6 Å². The predicted molar refractivity (Wildman–Crippen MR) is 84.7 cm³/mol. The average Bonchev–Trinajstić information content (AvgIpc) is 2.89. The molecule has 0 radical (unpaired) electrons. The highest BCUT2D eigenvalue weighted by molar-refractivity contribution is 7.16. The van der Waals surface area contributed by atoms with Crippen LogP contribution in [0.4, 0.5) is 4.79 Å². The standard InChI is InChI=1S/C15H21ClN2O2S/c16-13-5-4-12(21-13)9-17-14(19)18-8-7-15(20)6-2-1-3-11(15)10-18/h4-5,11,20H,1-3,6-10H2,(H,17,19)/t11-,15-/m1/s1. The van der Waals surface area contributed by atoms with Gasteiger partial charge < -0.3 is 15.3 Å². The third-order valence-corrected chi connectivity index (χ3v) is 5.99. The highest BCUT2D eigenvalue weighted by Gasteiger charge is 2.43. The number of hydrogen-bond donors (Lipinski definition) is 2. The molecular formula is C15H21ClN2O2S. The summed E-state index contributed by atoms with van der Waals surface area (Å²) >= 11 is 7.37. The van der Waals surface area contributed by atoms with Gasteiger partial charge in [0, 0.05) is 23.9 Å². The molecule has 0 unspecified atom stereocenters. The Morgan fingerprint density at radius 2 is 2.33 bits per heavy atom. The van der Waals surface area contributed by atoms with Crippen molar-refractivity contribution in [3.63, 3.8) is 0 Å². The van der Waals surface area contributed by atoms with Crippen LogP contribution in [0, 0.1) is 5.92 Å². The van der Waals surface area contributed by atoms with Gasteiger partial charge in [-0.15, -0.1) is 11.3 Å². The zero-order valence-electron chi connectivity index (χ0n) is 12.0. The number of likely N-dealkylation sites (tertiary alicyclic amines) is 1. The summed E-state index contributed by atoms with van der Waals surface area (Å²) in [6, 6.07) is 3.74. The van der Waals surface area contributed by atoms with Crippen molar-refractivity contribution in [3.05, 3.63) is 21.3 Å². The molecule has 3 rings (SSSR count). The van der Waals surface area contributed by atoms with Crippen LogP contribution < -0.4 is 5.32 Å². The van der Waals surface area contributed by atoms with Crippen LogP contribution in [0.3, 0.4) is 0 Å². The topological polar surface area (TPSA) is 52.6 Å². The Bertz CT molecular complexity index is 522. The molecule has 1 saturated carbocycles. The highest BCUT2D eigenvalue weighted by atomic mass is 35.5. The van der Waals surface area contributed by atoms with Gasteiger partial charge in [0.05, 0.1) is 16.5 Å². The molecule has 2 fully saturated rings. The molecule has 1 aromatic heterocycles. The second-order valence-electron chi connectivity index (χ2n) is 6.11. The molecule has 2 atom stereocenters. The van der Waals surface area contributed by atoms with E-state index in [9.17, 15) is 9.90 Å². The molecule has 1 saturated heterocycles. The number of fused-ring (bicyclic) bond motifs is 1. The van der Waals surface area contributed by atoms with E-state index < -0.39 is 5.60 Å². The lowest BCUT2D eigenvalue weighted by atomic mass is 9.71. The molecule has 2 heterocycles. The van der Waals surface area contributed by atoms with E-state index in [1.165, 1.54) is 11.3 Å². The quantitative estimate of drug-likeness (QED) is 0.875. The predicted octanol–water partition coefficient (Wildman–Crippen LogP) is 3.24. The normalized spacial score (nSPS) is 29.0. The number of nitrogens with zero attached hydrogens (tertiary/aromatic N) is 1. The molecule has 2 N–H and O–H groups in total. The molecule has 2 amide bonds. The van der Waals surface area contributed by atoms with Crippen molar-refractivity contribution in [3.8, 4) is 0 Å². The third kappa shape index (κ3) is 3.35. The van der Waals surface area contributed by atoms with Gasteiger partial charge in [-0.1, -0.05) is 24.4 Å². The summed E-state index contributed by atoms with van der Waals surface area (Å²) in [6.07, 6.45) is 4.89. The molecule has 1 aliphatic heterocycles. The molecule has 116 valence electrons. The Balaban J connectivity index is 1.54. The number of hydrogen-bond acceptors (Lipinski definition) is 3. The first-order valence-corrected chi connectivity index (χ1v) is 8.76. The van der Waals surface area contributed by atoms with Gasteiger partial charge in [-0.2, -0.15) is 0 Å². The van der Waals surface area contributed by atoms with Gasteiger partial charge in [-0.3, -0.25) is 0 Å². The maximum atomic E-state index is 12.3. The minimum atomic E-state index is -0.531. The molecule has 2 aliphatic rings. The Morgan fingerprint density at radius 3 is 3.10 bits per heavy atom. The van der Waals surface area contributed by atoms with Crippen LogP contribution in [0.5, 0.6) is 0 Å². The summed E-state index contributed by atoms with van der Waals surface area (Å²) in [7, 11) is 0. The summed E-state index contributed by atoms with van der Waals surface area (Å²) in [5, 5.41) is 13.6. The largest absolute Gasteiger partial charge is 0.389 e. The number of amides is 2. The molecule has 1 aromatic rings. The molecule has 4 nitrogen and oxygen atoms in total. The van der Waals surface area contributed by atoms with Gasteiger partial charge in [-0.05, 0) is 31.4 Å². The van der Waals surface area contributed by atoms with Gasteiger partial charge in [0.15, 0.2) is 0 Å². The fraction of sp³-hybridized carbons (Fsp3) is 0.667. The zero-order valence-corrected chi connectivity index (χ0v) is 13.6. The van der Waals surface area contributed by atoms with Crippen molar-refractivity contribution < 1.29 is 9.90 Å². The number of urea groups is 1. The van der Waals surface area contributed by atoms with E-state index in [0.717, 1.165) is 34.9 Å². The third-order valence-electron chi connectivity index (χ3n) is 4.76. The Labute approximate surface area is 134 Å². The van der Waals surface area contributed by atoms with Gasteiger partial charge >= 0.3 is 6.03 Å². The van der Waals surface area contributed by atoms with Crippen molar-refractivity contribution in [2.24, 2.45) is 5.92 Å². The van der Waals surface area contributed by atoms with E-state index >= 15 is 0 Å². The Kier molecular flexibility index (Phi) is 4.43. The first-order chi connectivity index (χ1) is 10.1. The van der Waals surface area contributed by atoms with Crippen molar-refractivity contribution in [2.45, 2.75) is 44.2 Å². The van der Waals surface area contributed by atoms with E-state index in [2.05, 4.69) is 5.32 Å². The monoisotopic (exact) mass is 328 g/mol. The van der Waals surface area contributed by atoms with Crippen molar-refractivity contribution >= 4 is 29.0 Å². The first-order valence-electron chi connectivity index (χ1n) is 7.56. The maximum Gasteiger partial charge on any atom is 0.317 e. The molecule has 21 heavy (non-hydrogen) atoms. The van der Waals surface area contributed by atoms with Gasteiger partial charge in [0.1, 0.15) is 0 Å². The SMILES string of the molecule is O=C(NCc1ccc(Cl)s1)N1CC[C@]2(O)CCCC[C@@H]2C1. The molecular weight excluding hydrogens is 308 g/mol. The van der Waals surface area contributed by atoms with Crippen LogP contribution in [0.25, 0.3) is 0 Å². The number of piperidine rings is 1. The van der Waals surface area contributed by atoms with Crippen LogP contribution in [-0.2, 0) is 6.54 Å². The second kappa shape index (κ2) is 6.15. The lowest BCUT2D eigenvalue weighted by molar-refractivity contribution is -0.0870. The summed E-state index contributed by atoms with van der Waals surface area (Å²) in [4.78, 5) is 15.2. The van der Waals surface area contributed by atoms with Gasteiger partial charge in [0.2, 0.25) is 0 Å². The van der Waals surface area contributed by atoms with Gasteiger partial charge in [-0.25, -0.2) is 4.79 Å². The Hall–Kier alpha value is -0.780. The number of thiophene rings is 1. The van der Waals surface area contributed by atoms with Crippen LogP contribution in [0.15, 0.2) is 12.1 Å². The van der Waals surface area contributed by atoms with Gasteiger partial charge in [0.25, 0.3) is 0 Å². The number of carbonyl (C=O) groups excluding carboxylic acids is 1. The Morgan fingerprint density at radius 1 is 1.48 bits per heavy atom. The highest BCUT2D eigenvalue weighted by Crippen LogP contribution is 2.39. The minimum absolute atomic E-state index is 0.0351. The van der Waals surface area contributed by atoms with Crippen LogP contribution >= 0.6 is 22.9 Å². The smallest absolute Gasteiger partial charge is 0.317 e. The number of rotatable bonds is 2. The van der Waals surface area contributed by atoms with Crippen LogP contribution in [0.1, 0.15) is 37.0 Å². The molecule has 0 aromatic carbocycles. The van der Waals surface area contributed by atoms with E-state index in [1.807, 2.05) is 17.0 Å². The van der Waals surface area contributed by atoms with E-state index in [1.54, 1.807) is 0 Å². The molecule has 1 aliphatic carbocycles. The fourth-order valence-corrected chi connectivity index (χ4v) is 4.50. The summed E-state index contributed by atoms with van der Waals surface area (Å²) in [6.45, 7) is 1.83. The summed E-state index contributed by atoms with van der Waals surface area (Å²) in [5.74, 6) is 0.238. The van der Waals surface area contributed by atoms with E-state index in [-0.39, 0.29) is 11.9 Å². The van der Waals surface area contributed by atoms with Crippen LogP contribution in [0.2, 0.25) is 4.34 Å². The lowest BCUT2D eigenvalue weighted by Gasteiger charge is -2.47. The fourth-order valence-electron chi connectivity index (χ4n) is 3.48. The summed E-state index contributed by atoms with van der Waals surface area (Å²) < 4.78 is 0.740. The molecule has 6 heteroatoms. The van der Waals surface area contributed by atoms with Crippen molar-refractivity contribution in [2.75, 3.05) is 13.1 Å². The molecule has 0 bridgehead atoms. The van der Waals surface area contributed by atoms with Crippen LogP contribution in [-0.4, -0.2) is 34.7 Å². The van der Waals surface area contributed by atoms with E-state index in [0.29, 0.717) is 26.1 Å². The van der Waals surface area contributed by atoms with Crippen molar-refractivity contribution in [1.82, 2.24) is 10.2 Å². The molecule has 0 spiro atoms. The lowest BCUT2D eigenvalue weighted by Crippen LogP contribution is -2.56. The first kappa shape index (κ1) is 15.1. The van der Waals surface area contributed by atoms with Crippen molar-refractivity contribution in [1.29, 1.82) is 0 Å². The average molecular weight is 329 g/mol. The number of halogens is 1. The second-order valence-corrected chi connectivity index (χ2v) is 7.91. The number of aliphatic hydroxyl groups is 1. The number of carbonyl (C=O) groups is 1. The maximum absolute atomic E-state index is 12.3.